The van der Waals surface area contributed by atoms with Gasteiger partial charge < -0.3 is 9.47 Å². The van der Waals surface area contributed by atoms with Crippen LogP contribution in [0.3, 0.4) is 0 Å². The molecule has 0 radical (unpaired) electrons. The van der Waals surface area contributed by atoms with E-state index in [1.165, 1.54) is 37.7 Å². The lowest BCUT2D eigenvalue weighted by Gasteiger charge is -2.21. The summed E-state index contributed by atoms with van der Waals surface area (Å²) in [6, 6.07) is 13.8. The summed E-state index contributed by atoms with van der Waals surface area (Å²) in [5.41, 5.74) is 3.03. The van der Waals surface area contributed by atoms with Crippen molar-refractivity contribution in [3.63, 3.8) is 0 Å². The maximum atomic E-state index is 12.4. The van der Waals surface area contributed by atoms with E-state index in [0.29, 0.717) is 5.92 Å². The lowest BCUT2D eigenvalue weighted by Crippen LogP contribution is -2.04. The number of fused-ring (bicyclic) bond motifs is 1. The highest BCUT2D eigenvalue weighted by molar-refractivity contribution is 6.06. The fourth-order valence-electron chi connectivity index (χ4n) is 3.64. The number of benzene rings is 2. The van der Waals surface area contributed by atoms with Gasteiger partial charge in [0.05, 0.1) is 0 Å². The minimum absolute atomic E-state index is 0.0212. The fourth-order valence-corrected chi connectivity index (χ4v) is 3.64. The molecule has 2 aromatic rings. The van der Waals surface area contributed by atoms with Gasteiger partial charge in [-0.1, -0.05) is 55.7 Å². The number of allylic oxidation sites excluding steroid dienone is 1. The number of hydrogen-bond donors (Lipinski definition) is 0. The maximum Gasteiger partial charge on any atom is 0.231 e. The Bertz CT molecular complexity index is 783. The number of carbonyl (C=O) groups excluding carboxylic acids is 1. The second-order valence-electron chi connectivity index (χ2n) is 6.77. The minimum Gasteiger partial charge on any atom is -0.454 e. The summed E-state index contributed by atoms with van der Waals surface area (Å²) < 4.78 is 10.7. The molecule has 1 fully saturated rings. The van der Waals surface area contributed by atoms with E-state index in [0.717, 1.165) is 22.6 Å². The van der Waals surface area contributed by atoms with E-state index < -0.39 is 0 Å². The summed E-state index contributed by atoms with van der Waals surface area (Å²) in [6.07, 6.45) is 9.99. The third kappa shape index (κ3) is 3.60. The first-order valence-electron chi connectivity index (χ1n) is 9.01. The molecule has 0 bridgehead atoms. The Morgan fingerprint density at radius 3 is 2.48 bits per heavy atom. The summed E-state index contributed by atoms with van der Waals surface area (Å²) in [7, 11) is 0. The Morgan fingerprint density at radius 2 is 1.68 bits per heavy atom. The summed E-state index contributed by atoms with van der Waals surface area (Å²) in [5, 5.41) is 0. The van der Waals surface area contributed by atoms with Crippen LogP contribution in [0.25, 0.3) is 6.08 Å². The van der Waals surface area contributed by atoms with Crippen LogP contribution in [0.2, 0.25) is 0 Å². The zero-order valence-electron chi connectivity index (χ0n) is 14.2. The average Bonchev–Trinajstić information content (AvgIpc) is 3.15. The van der Waals surface area contributed by atoms with Crippen LogP contribution >= 0.6 is 0 Å². The zero-order valence-corrected chi connectivity index (χ0v) is 14.2. The van der Waals surface area contributed by atoms with E-state index >= 15 is 0 Å². The number of carbonyl (C=O) groups is 1. The molecule has 1 saturated carbocycles. The zero-order chi connectivity index (χ0) is 17.1. The normalized spacial score (nSPS) is 17.1. The van der Waals surface area contributed by atoms with E-state index in [-0.39, 0.29) is 12.6 Å². The van der Waals surface area contributed by atoms with E-state index in [1.807, 2.05) is 36.4 Å². The third-order valence-corrected chi connectivity index (χ3v) is 5.10. The molecule has 128 valence electrons. The van der Waals surface area contributed by atoms with Crippen LogP contribution in [0.4, 0.5) is 0 Å². The first-order valence-corrected chi connectivity index (χ1v) is 9.01. The largest absolute Gasteiger partial charge is 0.454 e. The molecule has 1 heterocycles. The van der Waals surface area contributed by atoms with Crippen molar-refractivity contribution in [3.05, 3.63) is 65.2 Å². The number of hydrogen-bond acceptors (Lipinski definition) is 3. The van der Waals surface area contributed by atoms with Gasteiger partial charge >= 0.3 is 0 Å². The van der Waals surface area contributed by atoms with Crippen molar-refractivity contribution in [2.75, 3.05) is 6.79 Å². The molecule has 0 aromatic heterocycles. The summed E-state index contributed by atoms with van der Waals surface area (Å²) in [4.78, 5) is 12.4. The monoisotopic (exact) mass is 334 g/mol. The maximum absolute atomic E-state index is 12.4. The molecule has 3 heteroatoms. The molecule has 3 nitrogen and oxygen atoms in total. The Kier molecular flexibility index (Phi) is 4.55. The van der Waals surface area contributed by atoms with Gasteiger partial charge in [0.2, 0.25) is 6.79 Å². The van der Waals surface area contributed by atoms with Gasteiger partial charge in [-0.3, -0.25) is 4.79 Å². The molecule has 25 heavy (non-hydrogen) atoms. The van der Waals surface area contributed by atoms with Crippen LogP contribution in [0.5, 0.6) is 11.5 Å². The first-order chi connectivity index (χ1) is 12.3. The highest BCUT2D eigenvalue weighted by atomic mass is 16.7. The first kappa shape index (κ1) is 15.9. The Labute approximate surface area is 148 Å². The molecule has 2 aliphatic rings. The van der Waals surface area contributed by atoms with E-state index in [1.54, 1.807) is 6.08 Å². The molecule has 2 aromatic carbocycles. The Hall–Kier alpha value is -2.55. The van der Waals surface area contributed by atoms with Crippen LogP contribution < -0.4 is 9.47 Å². The number of rotatable bonds is 4. The third-order valence-electron chi connectivity index (χ3n) is 5.10. The SMILES string of the molecule is O=C(/C=C\c1ccc2c(c1)OCO2)c1ccc(C2CCCCC2)cc1. The molecular formula is C22H22O3. The second-order valence-corrected chi connectivity index (χ2v) is 6.77. The van der Waals surface area contributed by atoms with Crippen molar-refractivity contribution in [2.45, 2.75) is 38.0 Å². The smallest absolute Gasteiger partial charge is 0.231 e. The molecule has 0 saturated heterocycles. The van der Waals surface area contributed by atoms with Crippen molar-refractivity contribution >= 4 is 11.9 Å². The molecule has 0 unspecified atom stereocenters. The van der Waals surface area contributed by atoms with Gasteiger partial charge in [0.1, 0.15) is 0 Å². The van der Waals surface area contributed by atoms with Crippen LogP contribution in [0.1, 0.15) is 59.5 Å². The average molecular weight is 334 g/mol. The van der Waals surface area contributed by atoms with Gasteiger partial charge in [-0.2, -0.15) is 0 Å². The van der Waals surface area contributed by atoms with Gasteiger partial charge in [0, 0.05) is 5.56 Å². The van der Waals surface area contributed by atoms with Crippen LogP contribution in [-0.2, 0) is 0 Å². The van der Waals surface area contributed by atoms with Gasteiger partial charge in [-0.15, -0.1) is 0 Å². The van der Waals surface area contributed by atoms with Gasteiger partial charge in [-0.25, -0.2) is 0 Å². The van der Waals surface area contributed by atoms with Gasteiger partial charge in [0.15, 0.2) is 17.3 Å². The molecule has 0 atom stereocenters. The standard InChI is InChI=1S/C22H22O3/c23-20(12-6-16-7-13-21-22(14-16)25-15-24-21)19-10-8-18(9-11-19)17-4-2-1-3-5-17/h6-14,17H,1-5,15H2/b12-6-. The predicted molar refractivity (Wildman–Crippen MR) is 98.2 cm³/mol. The van der Waals surface area contributed by atoms with E-state index in [2.05, 4.69) is 12.1 Å². The molecule has 0 spiro atoms. The fraction of sp³-hybridized carbons (Fsp3) is 0.318. The molecule has 1 aliphatic heterocycles. The van der Waals surface area contributed by atoms with Crippen molar-refractivity contribution < 1.29 is 14.3 Å². The second kappa shape index (κ2) is 7.14. The van der Waals surface area contributed by atoms with Crippen LogP contribution in [0, 0.1) is 0 Å². The van der Waals surface area contributed by atoms with Gasteiger partial charge in [0.25, 0.3) is 0 Å². The quantitative estimate of drug-likeness (QED) is 0.558. The minimum atomic E-state index is 0.0212. The Balaban J connectivity index is 1.43. The summed E-state index contributed by atoms with van der Waals surface area (Å²) >= 11 is 0. The lowest BCUT2D eigenvalue weighted by molar-refractivity contribution is 0.104. The topological polar surface area (TPSA) is 35.5 Å². The molecule has 0 N–H and O–H groups in total. The molecular weight excluding hydrogens is 312 g/mol. The van der Waals surface area contributed by atoms with Crippen molar-refractivity contribution in [3.8, 4) is 11.5 Å². The highest BCUT2D eigenvalue weighted by Gasteiger charge is 2.16. The van der Waals surface area contributed by atoms with E-state index in [4.69, 9.17) is 9.47 Å². The number of ketones is 1. The van der Waals surface area contributed by atoms with E-state index in [9.17, 15) is 4.79 Å². The van der Waals surface area contributed by atoms with Crippen molar-refractivity contribution in [2.24, 2.45) is 0 Å². The molecule has 1 aliphatic carbocycles. The summed E-state index contributed by atoms with van der Waals surface area (Å²) in [6.45, 7) is 0.259. The summed E-state index contributed by atoms with van der Waals surface area (Å²) in [5.74, 6) is 2.17. The van der Waals surface area contributed by atoms with Crippen LogP contribution in [-0.4, -0.2) is 12.6 Å². The predicted octanol–water partition coefficient (Wildman–Crippen LogP) is 5.36. The van der Waals surface area contributed by atoms with Gasteiger partial charge in [-0.05, 0) is 48.1 Å². The number of ether oxygens (including phenoxy) is 2. The van der Waals surface area contributed by atoms with Crippen LogP contribution in [0.15, 0.2) is 48.5 Å². The Morgan fingerprint density at radius 1 is 0.920 bits per heavy atom. The highest BCUT2D eigenvalue weighted by Crippen LogP contribution is 2.33. The lowest BCUT2D eigenvalue weighted by atomic mass is 9.84. The van der Waals surface area contributed by atoms with Crippen molar-refractivity contribution in [1.82, 2.24) is 0 Å². The van der Waals surface area contributed by atoms with Crippen molar-refractivity contribution in [1.29, 1.82) is 0 Å². The molecule has 0 amide bonds. The molecule has 4 rings (SSSR count).